The molecule has 0 unspecified atom stereocenters. The maximum atomic E-state index is 12.8. The zero-order valence-electron chi connectivity index (χ0n) is 11.1. The molecular weight excluding hydrogens is 247 g/mol. The Kier molecular flexibility index (Phi) is 3.55. The Morgan fingerprint density at radius 1 is 1.16 bits per heavy atom. The van der Waals surface area contributed by atoms with Crippen LogP contribution in [0.5, 0.6) is 0 Å². The summed E-state index contributed by atoms with van der Waals surface area (Å²) in [6.45, 7) is 3.93. The first kappa shape index (κ1) is 13.5. The minimum Gasteiger partial charge on any atom is -0.323 e. The van der Waals surface area contributed by atoms with Gasteiger partial charge in [0.2, 0.25) is 0 Å². The summed E-state index contributed by atoms with van der Waals surface area (Å²) in [5.74, 6) is -0.538. The Morgan fingerprint density at radius 3 is 2.21 bits per heavy atom. The molecule has 4 nitrogen and oxygen atoms in total. The van der Waals surface area contributed by atoms with Crippen molar-refractivity contribution in [3.63, 3.8) is 0 Å². The highest BCUT2D eigenvalue weighted by atomic mass is 19.1. The summed E-state index contributed by atoms with van der Waals surface area (Å²) in [5, 5.41) is 2.76. The average molecular weight is 264 g/mol. The molecule has 1 saturated heterocycles. The molecule has 1 heterocycles. The first-order chi connectivity index (χ1) is 9.02. The van der Waals surface area contributed by atoms with Gasteiger partial charge in [-0.25, -0.2) is 9.18 Å². The van der Waals surface area contributed by atoms with Gasteiger partial charge in [0, 0.05) is 0 Å². The van der Waals surface area contributed by atoms with Crippen LogP contribution in [0.3, 0.4) is 0 Å². The average Bonchev–Trinajstić information content (AvgIpc) is 2.66. The van der Waals surface area contributed by atoms with Crippen LogP contribution in [0, 0.1) is 5.82 Å². The molecule has 1 fully saturated rings. The largest absolute Gasteiger partial charge is 0.325 e. The van der Waals surface area contributed by atoms with Gasteiger partial charge in [-0.05, 0) is 30.5 Å². The van der Waals surface area contributed by atoms with Gasteiger partial charge in [-0.1, -0.05) is 26.0 Å². The molecule has 2 rings (SSSR count). The van der Waals surface area contributed by atoms with Crippen molar-refractivity contribution in [2.24, 2.45) is 0 Å². The van der Waals surface area contributed by atoms with E-state index < -0.39 is 5.54 Å². The predicted octanol–water partition coefficient (Wildman–Crippen LogP) is 2.44. The van der Waals surface area contributed by atoms with E-state index in [2.05, 4.69) is 5.32 Å². The van der Waals surface area contributed by atoms with Gasteiger partial charge < -0.3 is 5.32 Å². The van der Waals surface area contributed by atoms with Gasteiger partial charge in [0.25, 0.3) is 5.91 Å². The second kappa shape index (κ2) is 4.99. The van der Waals surface area contributed by atoms with Crippen molar-refractivity contribution in [3.05, 3.63) is 35.6 Å². The normalized spacial score (nSPS) is 17.7. The molecule has 0 aromatic heterocycles. The molecule has 0 saturated carbocycles. The van der Waals surface area contributed by atoms with Gasteiger partial charge in [-0.2, -0.15) is 0 Å². The highest BCUT2D eigenvalue weighted by Crippen LogP contribution is 2.26. The third kappa shape index (κ3) is 2.32. The van der Waals surface area contributed by atoms with Gasteiger partial charge in [0.15, 0.2) is 0 Å². The number of hydrogen-bond donors (Lipinski definition) is 1. The van der Waals surface area contributed by atoms with E-state index in [0.29, 0.717) is 12.8 Å². The summed E-state index contributed by atoms with van der Waals surface area (Å²) in [6, 6.07) is 5.42. The second-order valence-electron chi connectivity index (χ2n) is 4.74. The molecule has 1 N–H and O–H groups in total. The predicted molar refractivity (Wildman–Crippen MR) is 68.8 cm³/mol. The van der Waals surface area contributed by atoms with Crippen LogP contribution in [-0.2, 0) is 11.3 Å². The number of halogens is 1. The molecule has 19 heavy (non-hydrogen) atoms. The van der Waals surface area contributed by atoms with Crippen LogP contribution >= 0.6 is 0 Å². The van der Waals surface area contributed by atoms with Gasteiger partial charge in [-0.3, -0.25) is 9.69 Å². The number of benzene rings is 1. The molecule has 0 aliphatic carbocycles. The minimum atomic E-state index is -0.781. The number of nitrogens with zero attached hydrogens (tertiary/aromatic N) is 1. The van der Waals surface area contributed by atoms with E-state index in [1.807, 2.05) is 13.8 Å². The Bertz CT molecular complexity index is 495. The van der Waals surface area contributed by atoms with Gasteiger partial charge in [-0.15, -0.1) is 0 Å². The van der Waals surface area contributed by atoms with Crippen LogP contribution in [0.4, 0.5) is 9.18 Å². The molecule has 1 aromatic carbocycles. The quantitative estimate of drug-likeness (QED) is 0.849. The molecule has 1 aliphatic heterocycles. The molecule has 0 bridgehead atoms. The maximum Gasteiger partial charge on any atom is 0.325 e. The maximum absolute atomic E-state index is 12.8. The Morgan fingerprint density at radius 2 is 1.74 bits per heavy atom. The molecule has 5 heteroatoms. The number of amides is 3. The van der Waals surface area contributed by atoms with Crippen LogP contribution in [-0.4, -0.2) is 22.4 Å². The monoisotopic (exact) mass is 264 g/mol. The van der Waals surface area contributed by atoms with E-state index in [4.69, 9.17) is 0 Å². The van der Waals surface area contributed by atoms with Crippen molar-refractivity contribution < 1.29 is 14.0 Å². The molecular formula is C14H17FN2O2. The lowest BCUT2D eigenvalue weighted by Crippen LogP contribution is -2.45. The number of carbonyl (C=O) groups is 2. The Balaban J connectivity index is 2.19. The third-order valence-electron chi connectivity index (χ3n) is 3.71. The number of carbonyl (C=O) groups excluding carboxylic acids is 2. The first-order valence-electron chi connectivity index (χ1n) is 6.41. The topological polar surface area (TPSA) is 49.4 Å². The van der Waals surface area contributed by atoms with E-state index in [0.717, 1.165) is 5.56 Å². The molecule has 102 valence electrons. The molecule has 0 atom stereocenters. The van der Waals surface area contributed by atoms with E-state index in [-0.39, 0.29) is 24.3 Å². The fraction of sp³-hybridized carbons (Fsp3) is 0.429. The number of rotatable bonds is 4. The van der Waals surface area contributed by atoms with Crippen molar-refractivity contribution in [2.45, 2.75) is 38.8 Å². The fourth-order valence-electron chi connectivity index (χ4n) is 2.32. The van der Waals surface area contributed by atoms with Gasteiger partial charge in [0.05, 0.1) is 6.54 Å². The number of urea groups is 1. The highest BCUT2D eigenvalue weighted by molar-refractivity contribution is 6.06. The fourth-order valence-corrected chi connectivity index (χ4v) is 2.32. The van der Waals surface area contributed by atoms with Gasteiger partial charge in [0.1, 0.15) is 11.4 Å². The number of hydrogen-bond acceptors (Lipinski definition) is 2. The SMILES string of the molecule is CCC1(CC)NC(=O)N(Cc2ccc(F)cc2)C1=O. The first-order valence-corrected chi connectivity index (χ1v) is 6.41. The smallest absolute Gasteiger partial charge is 0.323 e. The van der Waals surface area contributed by atoms with E-state index in [1.165, 1.54) is 17.0 Å². The summed E-state index contributed by atoms with van der Waals surface area (Å²) in [5.41, 5.74) is -0.0511. The van der Waals surface area contributed by atoms with Crippen molar-refractivity contribution in [2.75, 3.05) is 0 Å². The van der Waals surface area contributed by atoms with Crippen molar-refractivity contribution >= 4 is 11.9 Å². The summed E-state index contributed by atoms with van der Waals surface area (Å²) in [7, 11) is 0. The Labute approximate surface area is 111 Å². The van der Waals surface area contributed by atoms with Crippen LogP contribution in [0.1, 0.15) is 32.3 Å². The zero-order chi connectivity index (χ0) is 14.0. The number of imide groups is 1. The summed E-state index contributed by atoms with van der Waals surface area (Å²) in [4.78, 5) is 25.4. The number of nitrogens with one attached hydrogen (secondary N) is 1. The molecule has 0 spiro atoms. The second-order valence-corrected chi connectivity index (χ2v) is 4.74. The lowest BCUT2D eigenvalue weighted by molar-refractivity contribution is -0.132. The summed E-state index contributed by atoms with van der Waals surface area (Å²) >= 11 is 0. The van der Waals surface area contributed by atoms with Crippen molar-refractivity contribution in [3.8, 4) is 0 Å². The van der Waals surface area contributed by atoms with Gasteiger partial charge >= 0.3 is 6.03 Å². The standard InChI is InChI=1S/C14H17FN2O2/c1-3-14(4-2)12(18)17(13(19)16-14)9-10-5-7-11(15)8-6-10/h5-8H,3-4,9H2,1-2H3,(H,16,19). The van der Waals surface area contributed by atoms with E-state index in [1.54, 1.807) is 12.1 Å². The highest BCUT2D eigenvalue weighted by Gasteiger charge is 2.48. The lowest BCUT2D eigenvalue weighted by atomic mass is 9.93. The van der Waals surface area contributed by atoms with Crippen LogP contribution in [0.15, 0.2) is 24.3 Å². The van der Waals surface area contributed by atoms with Crippen LogP contribution in [0.2, 0.25) is 0 Å². The van der Waals surface area contributed by atoms with Crippen LogP contribution < -0.4 is 5.32 Å². The molecule has 1 aliphatic rings. The molecule has 3 amide bonds. The van der Waals surface area contributed by atoms with E-state index in [9.17, 15) is 14.0 Å². The van der Waals surface area contributed by atoms with Crippen molar-refractivity contribution in [1.29, 1.82) is 0 Å². The lowest BCUT2D eigenvalue weighted by Gasteiger charge is -2.23. The Hall–Kier alpha value is -1.91. The van der Waals surface area contributed by atoms with E-state index >= 15 is 0 Å². The van der Waals surface area contributed by atoms with Crippen molar-refractivity contribution in [1.82, 2.24) is 10.2 Å². The third-order valence-corrected chi connectivity index (χ3v) is 3.71. The molecule has 0 radical (unpaired) electrons. The van der Waals surface area contributed by atoms with Crippen LogP contribution in [0.25, 0.3) is 0 Å². The minimum absolute atomic E-state index is 0.173. The zero-order valence-corrected chi connectivity index (χ0v) is 11.1. The molecule has 1 aromatic rings. The summed E-state index contributed by atoms with van der Waals surface area (Å²) in [6.07, 6.45) is 1.13. The summed E-state index contributed by atoms with van der Waals surface area (Å²) < 4.78 is 12.8.